The van der Waals surface area contributed by atoms with Crippen molar-refractivity contribution in [2.45, 2.75) is 39.0 Å². The fourth-order valence-electron chi connectivity index (χ4n) is 0.793. The van der Waals surface area contributed by atoms with Gasteiger partial charge >= 0.3 is 0 Å². The van der Waals surface area contributed by atoms with E-state index < -0.39 is 6.43 Å². The summed E-state index contributed by atoms with van der Waals surface area (Å²) >= 11 is 1.26. The molecule has 1 nitrogen and oxygen atoms in total. The Labute approximate surface area is 75.9 Å². The minimum absolute atomic E-state index is 0.00919. The van der Waals surface area contributed by atoms with Crippen molar-refractivity contribution in [3.63, 3.8) is 0 Å². The van der Waals surface area contributed by atoms with E-state index in [4.69, 9.17) is 0 Å². The monoisotopic (exact) mass is 196 g/mol. The minimum atomic E-state index is -2.18. The highest BCUT2D eigenvalue weighted by molar-refractivity contribution is 8.13. The van der Waals surface area contributed by atoms with Gasteiger partial charge in [-0.05, 0) is 12.8 Å². The molecule has 72 valence electrons. The normalized spacial score (nSPS) is 10.7. The Morgan fingerprint density at radius 1 is 1.33 bits per heavy atom. The number of alkyl halides is 2. The second-order valence-electron chi connectivity index (χ2n) is 2.58. The zero-order valence-electron chi connectivity index (χ0n) is 7.19. The second kappa shape index (κ2) is 7.53. The first-order chi connectivity index (χ1) is 5.63. The van der Waals surface area contributed by atoms with Crippen LogP contribution in [0.5, 0.6) is 0 Å². The van der Waals surface area contributed by atoms with Crippen molar-refractivity contribution in [2.24, 2.45) is 0 Å². The van der Waals surface area contributed by atoms with Crippen molar-refractivity contribution < 1.29 is 13.6 Å². The maximum atomic E-state index is 11.6. The minimum Gasteiger partial charge on any atom is -0.288 e. The molecule has 0 amide bonds. The van der Waals surface area contributed by atoms with E-state index in [0.29, 0.717) is 6.42 Å². The lowest BCUT2D eigenvalue weighted by molar-refractivity contribution is -0.109. The molecule has 0 spiro atoms. The van der Waals surface area contributed by atoms with Crippen LogP contribution in [-0.2, 0) is 4.79 Å². The summed E-state index contributed by atoms with van der Waals surface area (Å²) in [5.41, 5.74) is 0. The molecule has 0 aliphatic rings. The zero-order valence-corrected chi connectivity index (χ0v) is 8.00. The van der Waals surface area contributed by atoms with Gasteiger partial charge in [0, 0.05) is 19.1 Å². The number of hydrogen-bond donors (Lipinski definition) is 0. The van der Waals surface area contributed by atoms with Gasteiger partial charge in [-0.25, -0.2) is 8.78 Å². The summed E-state index contributed by atoms with van der Waals surface area (Å²) in [5.74, 6) is 0.762. The molecule has 0 bridgehead atoms. The number of hydrogen-bond acceptors (Lipinski definition) is 2. The van der Waals surface area contributed by atoms with E-state index in [1.165, 1.54) is 18.7 Å². The van der Waals surface area contributed by atoms with Crippen molar-refractivity contribution in [2.75, 3.05) is 5.75 Å². The number of carbonyl (C=O) groups is 1. The van der Waals surface area contributed by atoms with E-state index in [1.807, 2.05) is 0 Å². The van der Waals surface area contributed by atoms with Crippen LogP contribution in [0.4, 0.5) is 8.78 Å². The molecule has 0 unspecified atom stereocenters. The maximum Gasteiger partial charge on any atom is 0.238 e. The second-order valence-corrected chi connectivity index (χ2v) is 3.85. The first-order valence-electron chi connectivity index (χ1n) is 4.04. The van der Waals surface area contributed by atoms with Crippen LogP contribution in [0.1, 0.15) is 32.6 Å². The molecule has 0 aromatic heterocycles. The van der Waals surface area contributed by atoms with E-state index in [2.05, 4.69) is 0 Å². The van der Waals surface area contributed by atoms with Gasteiger partial charge < -0.3 is 0 Å². The van der Waals surface area contributed by atoms with Crippen molar-refractivity contribution >= 4 is 16.9 Å². The number of halogens is 2. The van der Waals surface area contributed by atoms with Crippen LogP contribution < -0.4 is 0 Å². The third kappa shape index (κ3) is 9.88. The molecule has 0 fully saturated rings. The molecule has 0 aromatic rings. The molecule has 0 saturated heterocycles. The fourth-order valence-corrected chi connectivity index (χ4v) is 1.43. The molecule has 0 aliphatic heterocycles. The highest BCUT2D eigenvalue weighted by atomic mass is 32.2. The Hall–Kier alpha value is -0.120. The van der Waals surface area contributed by atoms with Crippen LogP contribution in [0.25, 0.3) is 0 Å². The van der Waals surface area contributed by atoms with Crippen LogP contribution in [0, 0.1) is 0 Å². The van der Waals surface area contributed by atoms with Gasteiger partial charge in [-0.2, -0.15) is 0 Å². The number of rotatable bonds is 6. The summed E-state index contributed by atoms with van der Waals surface area (Å²) in [7, 11) is 0. The molecule has 0 heterocycles. The third-order valence-electron chi connectivity index (χ3n) is 1.37. The molecule has 12 heavy (non-hydrogen) atoms. The molecule has 0 rings (SSSR count). The quantitative estimate of drug-likeness (QED) is 0.607. The zero-order chi connectivity index (χ0) is 9.40. The Balaban J connectivity index is 2.96. The SMILES string of the molecule is CC(=O)SCCCCCC(F)F. The van der Waals surface area contributed by atoms with Crippen molar-refractivity contribution in [1.82, 2.24) is 0 Å². The molecule has 0 aromatic carbocycles. The van der Waals surface area contributed by atoms with Gasteiger partial charge in [0.2, 0.25) is 6.43 Å². The van der Waals surface area contributed by atoms with Crippen LogP contribution in [0.2, 0.25) is 0 Å². The van der Waals surface area contributed by atoms with Crippen molar-refractivity contribution in [3.8, 4) is 0 Å². The average Bonchev–Trinajstić information content (AvgIpc) is 1.95. The van der Waals surface area contributed by atoms with Gasteiger partial charge in [0.15, 0.2) is 5.12 Å². The molecule has 0 N–H and O–H groups in total. The number of unbranched alkanes of at least 4 members (excludes halogenated alkanes) is 2. The predicted octanol–water partition coefficient (Wildman–Crippen LogP) is 3.09. The van der Waals surface area contributed by atoms with Crippen molar-refractivity contribution in [1.29, 1.82) is 0 Å². The summed E-state index contributed by atoms with van der Waals surface area (Å²) in [4.78, 5) is 10.4. The van der Waals surface area contributed by atoms with E-state index in [0.717, 1.165) is 18.6 Å². The Morgan fingerprint density at radius 2 is 2.00 bits per heavy atom. The summed E-state index contributed by atoms with van der Waals surface area (Å²) in [6.07, 6.45) is 0.0353. The standard InChI is InChI=1S/C8H14F2OS/c1-7(11)12-6-4-2-3-5-8(9)10/h8H,2-6H2,1H3. The van der Waals surface area contributed by atoms with Crippen LogP contribution >= 0.6 is 11.8 Å². The smallest absolute Gasteiger partial charge is 0.238 e. The number of thioether (sulfide) groups is 1. The third-order valence-corrected chi connectivity index (χ3v) is 2.27. The molecular weight excluding hydrogens is 182 g/mol. The highest BCUT2D eigenvalue weighted by Gasteiger charge is 2.01. The number of carbonyl (C=O) groups excluding carboxylic acids is 1. The topological polar surface area (TPSA) is 17.1 Å². The van der Waals surface area contributed by atoms with Crippen molar-refractivity contribution in [3.05, 3.63) is 0 Å². The van der Waals surface area contributed by atoms with Gasteiger partial charge in [-0.15, -0.1) is 0 Å². The van der Waals surface area contributed by atoms with Crippen LogP contribution in [0.3, 0.4) is 0 Å². The van der Waals surface area contributed by atoms with Gasteiger partial charge in [0.25, 0.3) is 0 Å². The Bertz CT molecular complexity index is 128. The van der Waals surface area contributed by atoms with Gasteiger partial charge in [-0.1, -0.05) is 18.2 Å². The van der Waals surface area contributed by atoms with Gasteiger partial charge in [-0.3, -0.25) is 4.79 Å². The summed E-state index contributed by atoms with van der Waals surface area (Å²) in [6.45, 7) is 1.52. The first kappa shape index (κ1) is 11.9. The highest BCUT2D eigenvalue weighted by Crippen LogP contribution is 2.10. The Morgan fingerprint density at radius 3 is 2.50 bits per heavy atom. The lowest BCUT2D eigenvalue weighted by atomic mass is 10.2. The van der Waals surface area contributed by atoms with Gasteiger partial charge in [0.1, 0.15) is 0 Å². The average molecular weight is 196 g/mol. The summed E-state index contributed by atoms with van der Waals surface area (Å²) < 4.78 is 23.2. The molecule has 0 saturated carbocycles. The summed E-state index contributed by atoms with van der Waals surface area (Å²) in [6, 6.07) is 0. The molecular formula is C8H14F2OS. The predicted molar refractivity (Wildman–Crippen MR) is 47.6 cm³/mol. The van der Waals surface area contributed by atoms with E-state index >= 15 is 0 Å². The van der Waals surface area contributed by atoms with E-state index in [9.17, 15) is 13.6 Å². The summed E-state index contributed by atoms with van der Waals surface area (Å²) in [5, 5.41) is 0.101. The Kier molecular flexibility index (Phi) is 7.45. The van der Waals surface area contributed by atoms with Crippen LogP contribution in [-0.4, -0.2) is 17.3 Å². The lowest BCUT2D eigenvalue weighted by Crippen LogP contribution is -1.91. The van der Waals surface area contributed by atoms with Crippen LogP contribution in [0.15, 0.2) is 0 Å². The van der Waals surface area contributed by atoms with E-state index in [1.54, 1.807) is 0 Å². The maximum absolute atomic E-state index is 11.6. The van der Waals surface area contributed by atoms with E-state index in [-0.39, 0.29) is 11.5 Å². The largest absolute Gasteiger partial charge is 0.288 e. The lowest BCUT2D eigenvalue weighted by Gasteiger charge is -1.98. The first-order valence-corrected chi connectivity index (χ1v) is 5.03. The fraction of sp³-hybridized carbons (Fsp3) is 0.875. The van der Waals surface area contributed by atoms with Gasteiger partial charge in [0.05, 0.1) is 0 Å². The molecule has 0 atom stereocenters. The molecule has 0 radical (unpaired) electrons. The molecule has 0 aliphatic carbocycles. The molecule has 4 heteroatoms.